The first kappa shape index (κ1) is 29.9. The number of benzene rings is 2. The summed E-state index contributed by atoms with van der Waals surface area (Å²) in [7, 11) is -1.86. The largest absolute Gasteiger partial charge is 0.467 e. The fraction of sp³-hybridized carbons (Fsp3) is 0.444. The molecule has 0 saturated heterocycles. The number of ether oxygens (including phenoxy) is 1. The normalized spacial score (nSPS) is 15.5. The fourth-order valence-corrected chi connectivity index (χ4v) is 6.07. The third-order valence-electron chi connectivity index (χ3n) is 6.85. The molecular formula is C27H32Cl2N2O6S. The van der Waals surface area contributed by atoms with E-state index in [1.807, 2.05) is 0 Å². The Kier molecular flexibility index (Phi) is 10.2. The molecule has 0 radical (unpaired) electrons. The zero-order valence-electron chi connectivity index (χ0n) is 21.4. The molecule has 2 N–H and O–H groups in total. The number of halogens is 2. The van der Waals surface area contributed by atoms with Gasteiger partial charge in [0.1, 0.15) is 15.9 Å². The number of sulfone groups is 1. The van der Waals surface area contributed by atoms with Crippen LogP contribution < -0.4 is 10.6 Å². The molecule has 1 unspecified atom stereocenters. The summed E-state index contributed by atoms with van der Waals surface area (Å²) in [6.07, 6.45) is 5.27. The summed E-state index contributed by atoms with van der Waals surface area (Å²) in [4.78, 5) is 38.6. The van der Waals surface area contributed by atoms with E-state index < -0.39 is 33.2 Å². The van der Waals surface area contributed by atoms with Gasteiger partial charge in [0.2, 0.25) is 5.91 Å². The summed E-state index contributed by atoms with van der Waals surface area (Å²) in [5.41, 5.74) is 0.729. The molecule has 1 fully saturated rings. The lowest BCUT2D eigenvalue weighted by Crippen LogP contribution is -2.49. The summed E-state index contributed by atoms with van der Waals surface area (Å²) in [5.74, 6) is -1.26. The summed E-state index contributed by atoms with van der Waals surface area (Å²) in [6, 6.07) is 10.7. The summed E-state index contributed by atoms with van der Waals surface area (Å²) in [6.45, 7) is 0. The second kappa shape index (κ2) is 13.0. The van der Waals surface area contributed by atoms with E-state index in [4.69, 9.17) is 27.9 Å². The van der Waals surface area contributed by atoms with Gasteiger partial charge in [0.05, 0.1) is 22.7 Å². The molecule has 0 aromatic heterocycles. The van der Waals surface area contributed by atoms with Gasteiger partial charge >= 0.3 is 5.97 Å². The number of rotatable bonds is 11. The van der Waals surface area contributed by atoms with Crippen LogP contribution >= 0.6 is 23.2 Å². The molecule has 1 aliphatic rings. The van der Waals surface area contributed by atoms with E-state index in [1.54, 1.807) is 42.5 Å². The highest BCUT2D eigenvalue weighted by Gasteiger charge is 2.42. The van der Waals surface area contributed by atoms with Crippen molar-refractivity contribution < 1.29 is 27.5 Å². The summed E-state index contributed by atoms with van der Waals surface area (Å²) >= 11 is 12.2. The summed E-state index contributed by atoms with van der Waals surface area (Å²) < 4.78 is 28.1. The van der Waals surface area contributed by atoms with Crippen molar-refractivity contribution >= 4 is 56.5 Å². The van der Waals surface area contributed by atoms with Crippen LogP contribution in [0.15, 0.2) is 42.5 Å². The second-order valence-electron chi connectivity index (χ2n) is 9.72. The van der Waals surface area contributed by atoms with Crippen LogP contribution in [0.3, 0.4) is 0 Å². The zero-order valence-corrected chi connectivity index (χ0v) is 23.7. The minimum absolute atomic E-state index is 0.0219. The predicted molar refractivity (Wildman–Crippen MR) is 148 cm³/mol. The van der Waals surface area contributed by atoms with Crippen molar-refractivity contribution in [1.82, 2.24) is 5.32 Å². The SMILES string of the molecule is COC(=O)C(Cc1ccc(NC(=O)c2c(Cl)cccc2Cl)cc1)NC(=O)C1(CCCS(C)(=O)=O)CCCC1. The van der Waals surface area contributed by atoms with E-state index in [-0.39, 0.29) is 33.7 Å². The van der Waals surface area contributed by atoms with Gasteiger partial charge in [0, 0.05) is 29.5 Å². The molecule has 2 aromatic carbocycles. The molecule has 0 aliphatic heterocycles. The van der Waals surface area contributed by atoms with Crippen molar-refractivity contribution in [2.45, 2.75) is 51.0 Å². The molecular weight excluding hydrogens is 551 g/mol. The van der Waals surface area contributed by atoms with Gasteiger partial charge in [-0.2, -0.15) is 0 Å². The van der Waals surface area contributed by atoms with E-state index in [9.17, 15) is 22.8 Å². The van der Waals surface area contributed by atoms with Gasteiger partial charge < -0.3 is 15.4 Å². The molecule has 1 atom stereocenters. The van der Waals surface area contributed by atoms with Crippen LogP contribution in [0.4, 0.5) is 5.69 Å². The van der Waals surface area contributed by atoms with Crippen molar-refractivity contribution in [3.8, 4) is 0 Å². The van der Waals surface area contributed by atoms with Gasteiger partial charge in [-0.15, -0.1) is 0 Å². The number of carbonyl (C=O) groups excluding carboxylic acids is 3. The van der Waals surface area contributed by atoms with Gasteiger partial charge in [-0.1, -0.05) is 54.2 Å². The van der Waals surface area contributed by atoms with E-state index in [2.05, 4.69) is 10.6 Å². The van der Waals surface area contributed by atoms with Crippen LogP contribution in [0.2, 0.25) is 10.0 Å². The fourth-order valence-electron chi connectivity index (χ4n) is 4.83. The predicted octanol–water partition coefficient (Wildman–Crippen LogP) is 4.83. The van der Waals surface area contributed by atoms with E-state index in [0.717, 1.165) is 18.4 Å². The molecule has 2 amide bonds. The molecule has 0 heterocycles. The van der Waals surface area contributed by atoms with Crippen LogP contribution in [-0.4, -0.2) is 51.4 Å². The first-order valence-electron chi connectivity index (χ1n) is 12.3. The highest BCUT2D eigenvalue weighted by molar-refractivity contribution is 7.90. The van der Waals surface area contributed by atoms with E-state index in [0.29, 0.717) is 31.4 Å². The van der Waals surface area contributed by atoms with Gasteiger partial charge in [-0.25, -0.2) is 13.2 Å². The number of esters is 1. The first-order valence-corrected chi connectivity index (χ1v) is 15.2. The number of hydrogen-bond donors (Lipinski definition) is 2. The van der Waals surface area contributed by atoms with Crippen LogP contribution in [0, 0.1) is 5.41 Å². The maximum absolute atomic E-state index is 13.4. The van der Waals surface area contributed by atoms with Crippen LogP contribution in [0.1, 0.15) is 54.4 Å². The van der Waals surface area contributed by atoms with Crippen LogP contribution in [-0.2, 0) is 30.6 Å². The number of nitrogens with one attached hydrogen (secondary N) is 2. The number of hydrogen-bond acceptors (Lipinski definition) is 6. The Morgan fingerprint density at radius 3 is 2.18 bits per heavy atom. The molecule has 3 rings (SSSR count). The Hall–Kier alpha value is -2.62. The molecule has 1 saturated carbocycles. The minimum atomic E-state index is -3.13. The Balaban J connectivity index is 1.68. The monoisotopic (exact) mass is 582 g/mol. The van der Waals surface area contributed by atoms with Crippen molar-refractivity contribution in [2.24, 2.45) is 5.41 Å². The van der Waals surface area contributed by atoms with Gasteiger partial charge in [-0.05, 0) is 55.5 Å². The Morgan fingerprint density at radius 1 is 1.03 bits per heavy atom. The molecule has 8 nitrogen and oxygen atoms in total. The topological polar surface area (TPSA) is 119 Å². The van der Waals surface area contributed by atoms with Gasteiger partial charge in [-0.3, -0.25) is 9.59 Å². The minimum Gasteiger partial charge on any atom is -0.467 e. The maximum atomic E-state index is 13.4. The quantitative estimate of drug-likeness (QED) is 0.366. The van der Waals surface area contributed by atoms with E-state index >= 15 is 0 Å². The third kappa shape index (κ3) is 7.94. The molecule has 1 aliphatic carbocycles. The Labute approximate surface area is 233 Å². The average Bonchev–Trinajstić information content (AvgIpc) is 3.33. The number of amides is 2. The van der Waals surface area contributed by atoms with Gasteiger partial charge in [0.15, 0.2) is 0 Å². The van der Waals surface area contributed by atoms with Crippen molar-refractivity contribution in [3.05, 3.63) is 63.6 Å². The average molecular weight is 584 g/mol. The lowest BCUT2D eigenvalue weighted by atomic mass is 9.80. The molecule has 0 bridgehead atoms. The molecule has 38 heavy (non-hydrogen) atoms. The number of anilines is 1. The van der Waals surface area contributed by atoms with Crippen LogP contribution in [0.25, 0.3) is 0 Å². The third-order valence-corrected chi connectivity index (χ3v) is 8.51. The van der Waals surface area contributed by atoms with Crippen LogP contribution in [0.5, 0.6) is 0 Å². The number of methoxy groups -OCH3 is 1. The van der Waals surface area contributed by atoms with Crippen molar-refractivity contribution in [2.75, 3.05) is 24.4 Å². The Morgan fingerprint density at radius 2 is 1.63 bits per heavy atom. The van der Waals surface area contributed by atoms with Crippen molar-refractivity contribution in [1.29, 1.82) is 0 Å². The molecule has 206 valence electrons. The smallest absolute Gasteiger partial charge is 0.328 e. The standard InChI is InChI=1S/C27H32Cl2N2O6S/c1-37-25(33)22(31-26(34)27(13-3-4-14-27)15-6-16-38(2,35)36)17-18-9-11-19(12-10-18)30-24(32)23-20(28)7-5-8-21(23)29/h5,7-12,22H,3-4,6,13-17H2,1-2H3,(H,30,32)(H,31,34). The summed E-state index contributed by atoms with van der Waals surface area (Å²) in [5, 5.41) is 6.08. The highest BCUT2D eigenvalue weighted by Crippen LogP contribution is 2.42. The number of carbonyl (C=O) groups is 3. The van der Waals surface area contributed by atoms with Crippen molar-refractivity contribution in [3.63, 3.8) is 0 Å². The molecule has 2 aromatic rings. The lowest BCUT2D eigenvalue weighted by molar-refractivity contribution is -0.146. The maximum Gasteiger partial charge on any atom is 0.328 e. The molecule has 11 heteroatoms. The van der Waals surface area contributed by atoms with E-state index in [1.165, 1.54) is 13.4 Å². The first-order chi connectivity index (χ1) is 17.9. The highest BCUT2D eigenvalue weighted by atomic mass is 35.5. The zero-order chi connectivity index (χ0) is 27.9. The molecule has 0 spiro atoms. The Bertz CT molecular complexity index is 1250. The second-order valence-corrected chi connectivity index (χ2v) is 12.8. The van der Waals surface area contributed by atoms with Gasteiger partial charge in [0.25, 0.3) is 5.91 Å². The lowest BCUT2D eigenvalue weighted by Gasteiger charge is -2.30.